The SMILES string of the molecule is CCN(CC)CCN(C(C)=O)c1nc2c(OC)ccc(Cl)c2s1.Cl. The fraction of sp³-hybridized carbons (Fsp3) is 0.500. The number of methoxy groups -OCH3 is 1. The first kappa shape index (κ1) is 21.0. The fourth-order valence-electron chi connectivity index (χ4n) is 2.39. The van der Waals surface area contributed by atoms with E-state index in [4.69, 9.17) is 16.3 Å². The molecule has 24 heavy (non-hydrogen) atoms. The number of carbonyl (C=O) groups is 1. The molecule has 2 rings (SSSR count). The first-order valence-corrected chi connectivity index (χ1v) is 8.84. The van der Waals surface area contributed by atoms with Gasteiger partial charge in [0.1, 0.15) is 11.3 Å². The summed E-state index contributed by atoms with van der Waals surface area (Å²) >= 11 is 7.68. The maximum Gasteiger partial charge on any atom is 0.225 e. The number of nitrogens with zero attached hydrogens (tertiary/aromatic N) is 3. The lowest BCUT2D eigenvalue weighted by Crippen LogP contribution is -2.37. The zero-order valence-electron chi connectivity index (χ0n) is 14.3. The lowest BCUT2D eigenvalue weighted by atomic mass is 10.3. The molecule has 1 aromatic heterocycles. The lowest BCUT2D eigenvalue weighted by molar-refractivity contribution is -0.116. The molecule has 0 N–H and O–H groups in total. The predicted molar refractivity (Wildman–Crippen MR) is 104 cm³/mol. The van der Waals surface area contributed by atoms with Gasteiger partial charge in [-0.2, -0.15) is 0 Å². The second-order valence-corrected chi connectivity index (χ2v) is 6.51. The molecule has 0 fully saturated rings. The first-order valence-electron chi connectivity index (χ1n) is 7.65. The fourth-order valence-corrected chi connectivity index (χ4v) is 3.72. The van der Waals surface area contributed by atoms with Gasteiger partial charge >= 0.3 is 0 Å². The molecule has 0 aliphatic heterocycles. The number of carbonyl (C=O) groups excluding carboxylic acids is 1. The summed E-state index contributed by atoms with van der Waals surface area (Å²) in [5, 5.41) is 1.28. The lowest BCUT2D eigenvalue weighted by Gasteiger charge is -2.23. The highest BCUT2D eigenvalue weighted by Gasteiger charge is 2.19. The molecule has 0 atom stereocenters. The van der Waals surface area contributed by atoms with Gasteiger partial charge in [0.15, 0.2) is 5.13 Å². The summed E-state index contributed by atoms with van der Waals surface area (Å²) in [4.78, 5) is 20.6. The number of rotatable bonds is 7. The summed E-state index contributed by atoms with van der Waals surface area (Å²) in [7, 11) is 1.60. The van der Waals surface area contributed by atoms with E-state index in [1.165, 1.54) is 11.3 Å². The van der Waals surface area contributed by atoms with Gasteiger partial charge in [-0.3, -0.25) is 9.69 Å². The minimum Gasteiger partial charge on any atom is -0.494 e. The van der Waals surface area contributed by atoms with E-state index in [0.717, 1.165) is 24.3 Å². The second-order valence-electron chi connectivity index (χ2n) is 5.12. The Morgan fingerprint density at radius 2 is 1.96 bits per heavy atom. The Kier molecular flexibility index (Phi) is 8.22. The monoisotopic (exact) mass is 391 g/mol. The molecule has 1 aromatic carbocycles. The van der Waals surface area contributed by atoms with Crippen molar-refractivity contribution < 1.29 is 9.53 Å². The van der Waals surface area contributed by atoms with Gasteiger partial charge in [-0.15, -0.1) is 12.4 Å². The highest BCUT2D eigenvalue weighted by molar-refractivity contribution is 7.23. The number of halogens is 2. The molecule has 2 aromatic rings. The number of benzene rings is 1. The number of anilines is 1. The average Bonchev–Trinajstić information content (AvgIpc) is 2.97. The van der Waals surface area contributed by atoms with Crippen LogP contribution in [0.25, 0.3) is 10.2 Å². The molecule has 0 saturated carbocycles. The van der Waals surface area contributed by atoms with E-state index in [1.54, 1.807) is 31.1 Å². The van der Waals surface area contributed by atoms with E-state index in [0.29, 0.717) is 28.0 Å². The Bertz CT molecular complexity index is 689. The van der Waals surface area contributed by atoms with Crippen molar-refractivity contribution in [1.29, 1.82) is 0 Å². The summed E-state index contributed by atoms with van der Waals surface area (Å²) in [5.41, 5.74) is 0.703. The first-order chi connectivity index (χ1) is 11.0. The molecule has 0 radical (unpaired) electrons. The molecule has 0 bridgehead atoms. The maximum atomic E-state index is 12.1. The van der Waals surface area contributed by atoms with Crippen LogP contribution in [0.2, 0.25) is 5.02 Å². The number of thiazole rings is 1. The molecular weight excluding hydrogens is 369 g/mol. The van der Waals surface area contributed by atoms with Crippen molar-refractivity contribution in [3.8, 4) is 5.75 Å². The van der Waals surface area contributed by atoms with Crippen LogP contribution < -0.4 is 9.64 Å². The Morgan fingerprint density at radius 3 is 2.50 bits per heavy atom. The molecule has 0 aliphatic rings. The molecule has 0 saturated heterocycles. The zero-order chi connectivity index (χ0) is 17.0. The molecule has 8 heteroatoms. The van der Waals surface area contributed by atoms with E-state index in [1.807, 2.05) is 0 Å². The smallest absolute Gasteiger partial charge is 0.225 e. The number of fused-ring (bicyclic) bond motifs is 1. The van der Waals surface area contributed by atoms with E-state index in [-0.39, 0.29) is 18.3 Å². The molecule has 134 valence electrons. The largest absolute Gasteiger partial charge is 0.494 e. The summed E-state index contributed by atoms with van der Waals surface area (Å²) in [5.74, 6) is 0.644. The van der Waals surface area contributed by atoms with Gasteiger partial charge in [0.05, 0.1) is 16.8 Å². The topological polar surface area (TPSA) is 45.7 Å². The van der Waals surface area contributed by atoms with Gasteiger partial charge in [-0.1, -0.05) is 36.8 Å². The molecule has 5 nitrogen and oxygen atoms in total. The van der Waals surface area contributed by atoms with Crippen molar-refractivity contribution in [2.24, 2.45) is 0 Å². The van der Waals surface area contributed by atoms with Crippen molar-refractivity contribution >= 4 is 56.6 Å². The van der Waals surface area contributed by atoms with Crippen molar-refractivity contribution in [1.82, 2.24) is 9.88 Å². The van der Waals surface area contributed by atoms with Crippen LogP contribution in [0, 0.1) is 0 Å². The van der Waals surface area contributed by atoms with Crippen LogP contribution in [-0.4, -0.2) is 49.1 Å². The van der Waals surface area contributed by atoms with Crippen molar-refractivity contribution in [3.05, 3.63) is 17.2 Å². The van der Waals surface area contributed by atoms with Gasteiger partial charge in [-0.25, -0.2) is 4.98 Å². The summed E-state index contributed by atoms with van der Waals surface area (Å²) in [6.07, 6.45) is 0. The van der Waals surface area contributed by atoms with Crippen LogP contribution in [0.5, 0.6) is 5.75 Å². The van der Waals surface area contributed by atoms with Crippen LogP contribution in [0.3, 0.4) is 0 Å². The molecule has 1 amide bonds. The Hall–Kier alpha value is -1.08. The quantitative estimate of drug-likeness (QED) is 0.713. The maximum absolute atomic E-state index is 12.1. The Labute approximate surface area is 158 Å². The summed E-state index contributed by atoms with van der Waals surface area (Å²) in [6, 6.07) is 3.58. The van der Waals surface area contributed by atoms with Crippen molar-refractivity contribution in [2.75, 3.05) is 38.2 Å². The average molecular weight is 392 g/mol. The van der Waals surface area contributed by atoms with Crippen LogP contribution in [-0.2, 0) is 4.79 Å². The Morgan fingerprint density at radius 1 is 1.29 bits per heavy atom. The van der Waals surface area contributed by atoms with E-state index >= 15 is 0 Å². The van der Waals surface area contributed by atoms with Crippen molar-refractivity contribution in [2.45, 2.75) is 20.8 Å². The Balaban J connectivity index is 0.00000288. The number of likely N-dealkylation sites (N-methyl/N-ethyl adjacent to an activating group) is 1. The zero-order valence-corrected chi connectivity index (χ0v) is 16.7. The van der Waals surface area contributed by atoms with Gasteiger partial charge in [-0.05, 0) is 25.2 Å². The minimum absolute atomic E-state index is 0. The third kappa shape index (κ3) is 4.51. The van der Waals surface area contributed by atoms with Crippen LogP contribution in [0.15, 0.2) is 12.1 Å². The molecule has 0 aliphatic carbocycles. The number of aromatic nitrogens is 1. The number of hydrogen-bond donors (Lipinski definition) is 0. The van der Waals surface area contributed by atoms with Crippen LogP contribution in [0.1, 0.15) is 20.8 Å². The number of ether oxygens (including phenoxy) is 1. The summed E-state index contributed by atoms with van der Waals surface area (Å²) < 4.78 is 6.19. The van der Waals surface area contributed by atoms with Gasteiger partial charge < -0.3 is 9.64 Å². The normalized spacial score (nSPS) is 10.8. The number of hydrogen-bond acceptors (Lipinski definition) is 5. The minimum atomic E-state index is -0.0219. The molecule has 0 spiro atoms. The summed E-state index contributed by atoms with van der Waals surface area (Å²) in [6.45, 7) is 9.13. The van der Waals surface area contributed by atoms with E-state index in [9.17, 15) is 4.79 Å². The predicted octanol–water partition coefficient (Wildman–Crippen LogP) is 4.07. The van der Waals surface area contributed by atoms with Crippen molar-refractivity contribution in [3.63, 3.8) is 0 Å². The third-order valence-corrected chi connectivity index (χ3v) is 5.35. The standard InChI is InChI=1S/C16H22ClN3O2S.ClH/c1-5-19(6-2)9-10-20(11(3)21)16-18-14-13(22-4)8-7-12(17)15(14)23-16;/h7-8H,5-6,9-10H2,1-4H3;1H. The van der Waals surface area contributed by atoms with Crippen LogP contribution in [0.4, 0.5) is 5.13 Å². The van der Waals surface area contributed by atoms with Crippen LogP contribution >= 0.6 is 35.3 Å². The van der Waals surface area contributed by atoms with Gasteiger partial charge in [0, 0.05) is 20.0 Å². The molecular formula is C16H23Cl2N3O2S. The highest BCUT2D eigenvalue weighted by Crippen LogP contribution is 2.38. The molecule has 1 heterocycles. The van der Waals surface area contributed by atoms with Gasteiger partial charge in [0.2, 0.25) is 5.91 Å². The highest BCUT2D eigenvalue weighted by atomic mass is 35.5. The third-order valence-electron chi connectivity index (χ3n) is 3.81. The van der Waals surface area contributed by atoms with E-state index < -0.39 is 0 Å². The van der Waals surface area contributed by atoms with E-state index in [2.05, 4.69) is 23.7 Å². The number of amides is 1. The molecule has 0 unspecified atom stereocenters. The second kappa shape index (κ2) is 9.42. The van der Waals surface area contributed by atoms with Gasteiger partial charge in [0.25, 0.3) is 0 Å².